The molecule has 0 spiro atoms. The summed E-state index contributed by atoms with van der Waals surface area (Å²) in [5, 5.41) is 8.91. The van der Waals surface area contributed by atoms with E-state index < -0.39 is 12.6 Å². The van der Waals surface area contributed by atoms with E-state index in [1.54, 1.807) is 0 Å². The summed E-state index contributed by atoms with van der Waals surface area (Å²) in [5.74, 6) is 0.710. The van der Waals surface area contributed by atoms with Crippen LogP contribution in [0.3, 0.4) is 0 Å². The molecule has 0 unspecified atom stereocenters. The van der Waals surface area contributed by atoms with Crippen LogP contribution in [0.1, 0.15) is 37.0 Å². The standard InChI is InChI=1S/C26H27N3O6/c1-5-10-32-24-21-25(29-26(28-24)34-19-9-7-8-17(6-2)13-19)35-23(27-21)18-11-15(3)22(16(4)12-18)33-14-20(30)31/h7-9,11-13H,5-6,10,14H2,1-4H3,(H,30,31). The quantitative estimate of drug-likeness (QED) is 0.315. The van der Waals surface area contributed by atoms with Crippen molar-refractivity contribution in [2.75, 3.05) is 13.2 Å². The van der Waals surface area contributed by atoms with Gasteiger partial charge in [0.05, 0.1) is 6.61 Å². The Balaban J connectivity index is 1.72. The maximum Gasteiger partial charge on any atom is 0.341 e. The van der Waals surface area contributed by atoms with Crippen molar-refractivity contribution in [2.45, 2.75) is 40.5 Å². The number of hydrogen-bond donors (Lipinski definition) is 1. The van der Waals surface area contributed by atoms with Crippen molar-refractivity contribution >= 4 is 17.2 Å². The van der Waals surface area contributed by atoms with Crippen LogP contribution >= 0.6 is 0 Å². The number of hydrogen-bond acceptors (Lipinski definition) is 8. The summed E-state index contributed by atoms with van der Waals surface area (Å²) in [7, 11) is 0. The summed E-state index contributed by atoms with van der Waals surface area (Å²) < 4.78 is 23.2. The molecule has 0 aliphatic rings. The van der Waals surface area contributed by atoms with Crippen LogP contribution in [0.4, 0.5) is 0 Å². The fraction of sp³-hybridized carbons (Fsp3) is 0.308. The second-order valence-corrected chi connectivity index (χ2v) is 8.06. The third-order valence-electron chi connectivity index (χ3n) is 5.21. The zero-order valence-electron chi connectivity index (χ0n) is 20.1. The van der Waals surface area contributed by atoms with Crippen LogP contribution in [0.5, 0.6) is 23.4 Å². The number of nitrogens with zero attached hydrogens (tertiary/aromatic N) is 3. The lowest BCUT2D eigenvalue weighted by Gasteiger charge is -2.11. The maximum absolute atomic E-state index is 10.9. The molecular weight excluding hydrogens is 450 g/mol. The minimum atomic E-state index is -1.04. The predicted molar refractivity (Wildman–Crippen MR) is 129 cm³/mol. The second-order valence-electron chi connectivity index (χ2n) is 8.06. The SMILES string of the molecule is CCCOc1nc(Oc2cccc(CC)c2)nc2oc(-c3cc(C)c(OCC(=O)O)c(C)c3)nc12. The minimum absolute atomic E-state index is 0.101. The number of aryl methyl sites for hydroxylation is 3. The highest BCUT2D eigenvalue weighted by molar-refractivity contribution is 5.78. The average Bonchev–Trinajstić information content (AvgIpc) is 3.26. The number of benzene rings is 2. The molecule has 1 N–H and O–H groups in total. The lowest BCUT2D eigenvalue weighted by molar-refractivity contribution is -0.139. The Hall–Kier alpha value is -4.14. The molecule has 0 saturated carbocycles. The molecule has 35 heavy (non-hydrogen) atoms. The highest BCUT2D eigenvalue weighted by Crippen LogP contribution is 2.34. The van der Waals surface area contributed by atoms with Gasteiger partial charge in [-0.2, -0.15) is 9.97 Å². The van der Waals surface area contributed by atoms with Crippen LogP contribution in [0.15, 0.2) is 40.8 Å². The molecule has 0 bridgehead atoms. The number of carbonyl (C=O) groups is 1. The van der Waals surface area contributed by atoms with Crippen molar-refractivity contribution in [1.82, 2.24) is 15.0 Å². The van der Waals surface area contributed by atoms with Gasteiger partial charge in [0.25, 0.3) is 11.6 Å². The van der Waals surface area contributed by atoms with Crippen molar-refractivity contribution in [3.63, 3.8) is 0 Å². The summed E-state index contributed by atoms with van der Waals surface area (Å²) in [4.78, 5) is 24.3. The molecule has 0 saturated heterocycles. The zero-order chi connectivity index (χ0) is 24.9. The fourth-order valence-electron chi connectivity index (χ4n) is 3.62. The smallest absolute Gasteiger partial charge is 0.341 e. The van der Waals surface area contributed by atoms with Crippen LogP contribution in [0.25, 0.3) is 22.7 Å². The van der Waals surface area contributed by atoms with Gasteiger partial charge in [0.15, 0.2) is 12.1 Å². The predicted octanol–water partition coefficient (Wildman–Crippen LogP) is 5.51. The molecule has 0 fully saturated rings. The Morgan fingerprint density at radius 2 is 1.80 bits per heavy atom. The van der Waals surface area contributed by atoms with E-state index >= 15 is 0 Å². The molecule has 0 aliphatic carbocycles. The van der Waals surface area contributed by atoms with Gasteiger partial charge in [-0.3, -0.25) is 0 Å². The van der Waals surface area contributed by atoms with Gasteiger partial charge < -0.3 is 23.7 Å². The maximum atomic E-state index is 10.9. The molecule has 182 valence electrons. The number of oxazole rings is 1. The largest absolute Gasteiger partial charge is 0.481 e. The Labute approximate surface area is 202 Å². The molecule has 0 atom stereocenters. The lowest BCUT2D eigenvalue weighted by atomic mass is 10.1. The molecular formula is C26H27N3O6. The number of aliphatic carboxylic acids is 1. The number of rotatable bonds is 10. The number of ether oxygens (including phenoxy) is 3. The molecule has 0 aliphatic heterocycles. The van der Waals surface area contributed by atoms with E-state index in [-0.39, 0.29) is 17.6 Å². The van der Waals surface area contributed by atoms with Gasteiger partial charge in [-0.05, 0) is 67.6 Å². The first-order chi connectivity index (χ1) is 16.9. The summed E-state index contributed by atoms with van der Waals surface area (Å²) >= 11 is 0. The first-order valence-corrected chi connectivity index (χ1v) is 11.4. The molecule has 0 radical (unpaired) electrons. The number of aromatic nitrogens is 3. The van der Waals surface area contributed by atoms with Gasteiger partial charge >= 0.3 is 12.0 Å². The first kappa shape index (κ1) is 24.0. The van der Waals surface area contributed by atoms with Gasteiger partial charge in [-0.25, -0.2) is 9.78 Å². The molecule has 2 heterocycles. The van der Waals surface area contributed by atoms with Crippen LogP contribution in [0, 0.1) is 13.8 Å². The summed E-state index contributed by atoms with van der Waals surface area (Å²) in [6.45, 7) is 7.78. The molecule has 2 aromatic carbocycles. The second kappa shape index (κ2) is 10.4. The molecule has 4 aromatic rings. The summed E-state index contributed by atoms with van der Waals surface area (Å²) in [6, 6.07) is 11.5. The van der Waals surface area contributed by atoms with Crippen molar-refractivity contribution in [3.8, 4) is 34.8 Å². The van der Waals surface area contributed by atoms with Crippen LogP contribution in [-0.2, 0) is 11.2 Å². The number of fused-ring (bicyclic) bond motifs is 1. The number of carboxylic acid groups (broad SMARTS) is 1. The fourth-order valence-corrected chi connectivity index (χ4v) is 3.62. The van der Waals surface area contributed by atoms with Crippen molar-refractivity contribution in [3.05, 3.63) is 53.1 Å². The Bertz CT molecular complexity index is 1340. The van der Waals surface area contributed by atoms with E-state index in [0.717, 1.165) is 29.5 Å². The van der Waals surface area contributed by atoms with E-state index in [1.165, 1.54) is 0 Å². The molecule has 9 heteroatoms. The molecule has 0 amide bonds. The zero-order valence-corrected chi connectivity index (χ0v) is 20.1. The third kappa shape index (κ3) is 5.51. The van der Waals surface area contributed by atoms with Crippen LogP contribution in [0.2, 0.25) is 0 Å². The van der Waals surface area contributed by atoms with Crippen molar-refractivity contribution in [2.24, 2.45) is 0 Å². The van der Waals surface area contributed by atoms with Gasteiger partial charge in [-0.1, -0.05) is 26.0 Å². The Kier molecular flexibility index (Phi) is 7.14. The van der Waals surface area contributed by atoms with E-state index in [2.05, 4.69) is 21.9 Å². The van der Waals surface area contributed by atoms with E-state index in [0.29, 0.717) is 35.1 Å². The van der Waals surface area contributed by atoms with Crippen LogP contribution in [-0.4, -0.2) is 39.2 Å². The van der Waals surface area contributed by atoms with Gasteiger partial charge in [0.1, 0.15) is 11.5 Å². The van der Waals surface area contributed by atoms with Gasteiger partial charge in [0.2, 0.25) is 5.89 Å². The topological polar surface area (TPSA) is 117 Å². The highest BCUT2D eigenvalue weighted by atomic mass is 16.5. The van der Waals surface area contributed by atoms with E-state index in [9.17, 15) is 4.79 Å². The Morgan fingerprint density at radius 1 is 1.03 bits per heavy atom. The summed E-state index contributed by atoms with van der Waals surface area (Å²) in [5.41, 5.74) is 3.98. The van der Waals surface area contributed by atoms with Crippen LogP contribution < -0.4 is 14.2 Å². The molecule has 2 aromatic heterocycles. The lowest BCUT2D eigenvalue weighted by Crippen LogP contribution is -2.10. The number of carboxylic acids is 1. The van der Waals surface area contributed by atoms with Crippen molar-refractivity contribution < 1.29 is 28.5 Å². The average molecular weight is 478 g/mol. The Morgan fingerprint density at radius 3 is 2.49 bits per heavy atom. The highest BCUT2D eigenvalue weighted by Gasteiger charge is 2.20. The first-order valence-electron chi connectivity index (χ1n) is 11.4. The van der Waals surface area contributed by atoms with E-state index in [4.69, 9.17) is 23.7 Å². The normalized spacial score (nSPS) is 11.0. The van der Waals surface area contributed by atoms with Gasteiger partial charge in [-0.15, -0.1) is 0 Å². The van der Waals surface area contributed by atoms with Gasteiger partial charge in [0, 0.05) is 5.56 Å². The third-order valence-corrected chi connectivity index (χ3v) is 5.21. The summed E-state index contributed by atoms with van der Waals surface area (Å²) in [6.07, 6.45) is 1.67. The van der Waals surface area contributed by atoms with E-state index in [1.807, 2.05) is 57.2 Å². The molecule has 9 nitrogen and oxygen atoms in total. The molecule has 4 rings (SSSR count). The van der Waals surface area contributed by atoms with Crippen molar-refractivity contribution in [1.29, 1.82) is 0 Å². The minimum Gasteiger partial charge on any atom is -0.481 e. The monoisotopic (exact) mass is 477 g/mol.